The number of nitrogens with one attached hydrogen (secondary N) is 11. The molecule has 0 aromatic rings. The minimum absolute atomic E-state index is 0.0490. The molecule has 13 amide bonds. The lowest BCUT2D eigenvalue weighted by Gasteiger charge is -2.30. The molecule has 37 heteroatoms. The van der Waals surface area contributed by atoms with E-state index in [4.69, 9.17) is 16.6 Å². The van der Waals surface area contributed by atoms with Gasteiger partial charge in [0.1, 0.15) is 66.5 Å². The average Bonchev–Trinajstić information content (AvgIpc) is 4.09. The van der Waals surface area contributed by atoms with Crippen LogP contribution in [0, 0.1) is 5.92 Å². The number of carbonyl (C=O) groups excluding carboxylic acids is 13. The first-order chi connectivity index (χ1) is 38.9. The lowest BCUT2D eigenvalue weighted by molar-refractivity contribution is -0.143. The summed E-state index contributed by atoms with van der Waals surface area (Å²) < 4.78 is 0. The summed E-state index contributed by atoms with van der Waals surface area (Å²) in [5.74, 6) is -16.6. The number of hydrogen-bond donors (Lipinski definition) is 21. The third kappa shape index (κ3) is 26.3. The van der Waals surface area contributed by atoms with Crippen molar-refractivity contribution in [2.75, 3.05) is 47.6 Å². The van der Waals surface area contributed by atoms with E-state index in [1.165, 1.54) is 13.8 Å². The molecule has 1 heterocycles. The van der Waals surface area contributed by atoms with Gasteiger partial charge >= 0.3 is 11.9 Å². The smallest absolute Gasteiger partial charge is 0.327 e. The summed E-state index contributed by atoms with van der Waals surface area (Å²) in [6.45, 7) is 5.24. The molecule has 0 bridgehead atoms. The number of carboxylic acids is 2. The quantitative estimate of drug-likeness (QED) is 0.0257. The van der Waals surface area contributed by atoms with Gasteiger partial charge in [-0.2, -0.15) is 75.8 Å². The zero-order chi connectivity index (χ0) is 63.4. The molecule has 1 aliphatic rings. The molecule has 0 aliphatic carbocycles. The van der Waals surface area contributed by atoms with E-state index < -0.39 is 193 Å². The van der Waals surface area contributed by atoms with Gasteiger partial charge in [0.05, 0.1) is 19.0 Å². The zero-order valence-electron chi connectivity index (χ0n) is 45.7. The standard InChI is InChI=1S/C46H76N14O17S6/c1-19(2)10-24(54-38(68)23(7-8-34(63)64)53-41(71)27(15-80)57-37(67)22(47)13-78)39(69)58-29(17-82)43(73)59-28(16-81)42(72)55-25(11-32(48)61)45(75)60-9-5-6-31(60)44(74)51-21(4)36(66)56-26(14-79)40(70)50-20(3)35(65)49-12-33(62)52-30(18-83)46(76)77/h19-31,78-83H,5-18,47H2,1-4H3,(H2,48,61)(H,49,65)(H,50,70)(H,51,74)(H,52,62)(H,53,71)(H,54,68)(H,55,72)(H,56,66)(H,57,67)(H,58,69)(H,59,73)(H,63,64)(H,76,77)/t20-,21-,22-,23-,24-,25-,26-,27+,28-,29-,30-,31-/m0/s1. The van der Waals surface area contributed by atoms with Crippen LogP contribution in [0.15, 0.2) is 0 Å². The summed E-state index contributed by atoms with van der Waals surface area (Å²) in [6.07, 6.45) is -1.59. The van der Waals surface area contributed by atoms with Crippen LogP contribution in [-0.4, -0.2) is 224 Å². The summed E-state index contributed by atoms with van der Waals surface area (Å²) in [5.41, 5.74) is 11.1. The van der Waals surface area contributed by atoms with Crippen LogP contribution >= 0.6 is 75.8 Å². The molecule has 31 nitrogen and oxygen atoms in total. The molecule has 0 unspecified atom stereocenters. The van der Waals surface area contributed by atoms with E-state index in [0.29, 0.717) is 0 Å². The highest BCUT2D eigenvalue weighted by molar-refractivity contribution is 7.81. The van der Waals surface area contributed by atoms with Crippen molar-refractivity contribution >= 4 is 165 Å². The Morgan fingerprint density at radius 2 is 0.928 bits per heavy atom. The molecule has 1 rings (SSSR count). The topological polar surface area (TPSA) is 484 Å². The Kier molecular flexibility index (Phi) is 34.5. The fraction of sp³-hybridized carbons (Fsp3) is 0.674. The minimum Gasteiger partial charge on any atom is -0.481 e. The van der Waals surface area contributed by atoms with Gasteiger partial charge in [-0.25, -0.2) is 4.79 Å². The van der Waals surface area contributed by atoms with Crippen LogP contribution in [-0.2, 0) is 71.9 Å². The summed E-state index contributed by atoms with van der Waals surface area (Å²) in [6, 6.07) is -16.7. The number of carbonyl (C=O) groups is 15. The van der Waals surface area contributed by atoms with Gasteiger partial charge in [-0.15, -0.1) is 0 Å². The predicted octanol–water partition coefficient (Wildman–Crippen LogP) is -7.24. The molecule has 83 heavy (non-hydrogen) atoms. The molecule has 0 spiro atoms. The van der Waals surface area contributed by atoms with E-state index >= 15 is 0 Å². The van der Waals surface area contributed by atoms with E-state index in [1.807, 2.05) is 0 Å². The molecule has 0 aromatic heterocycles. The van der Waals surface area contributed by atoms with E-state index in [0.717, 1.165) is 4.90 Å². The molecule has 1 fully saturated rings. The number of amides is 13. The van der Waals surface area contributed by atoms with E-state index in [9.17, 15) is 77.0 Å². The van der Waals surface area contributed by atoms with Crippen molar-refractivity contribution in [2.45, 2.75) is 139 Å². The van der Waals surface area contributed by atoms with Crippen molar-refractivity contribution in [3.05, 3.63) is 0 Å². The maximum Gasteiger partial charge on any atom is 0.327 e. The van der Waals surface area contributed by atoms with Gasteiger partial charge in [-0.05, 0) is 45.4 Å². The Balaban J connectivity index is 3.13. The third-order valence-electron chi connectivity index (χ3n) is 12.0. The summed E-state index contributed by atoms with van der Waals surface area (Å²) in [5, 5.41) is 44.4. The molecule has 0 aromatic carbocycles. The molecule has 0 saturated carbocycles. The summed E-state index contributed by atoms with van der Waals surface area (Å²) >= 11 is 24.3. The molecule has 0 radical (unpaired) electrons. The fourth-order valence-electron chi connectivity index (χ4n) is 7.45. The van der Waals surface area contributed by atoms with Gasteiger partial charge in [0.2, 0.25) is 76.8 Å². The average molecular weight is 1290 g/mol. The van der Waals surface area contributed by atoms with Gasteiger partial charge in [0.25, 0.3) is 0 Å². The molecular formula is C46H76N14O17S6. The lowest BCUT2D eigenvalue weighted by Crippen LogP contribution is -2.61. The van der Waals surface area contributed by atoms with Gasteiger partial charge in [-0.1, -0.05) is 13.8 Å². The van der Waals surface area contributed by atoms with Crippen molar-refractivity contribution in [3.63, 3.8) is 0 Å². The molecular weight excluding hydrogens is 1210 g/mol. The monoisotopic (exact) mass is 1290 g/mol. The van der Waals surface area contributed by atoms with Crippen LogP contribution in [0.25, 0.3) is 0 Å². The fourth-order valence-corrected chi connectivity index (χ4v) is 8.89. The highest BCUT2D eigenvalue weighted by Gasteiger charge is 2.41. The second kappa shape index (κ2) is 38.1. The van der Waals surface area contributed by atoms with Crippen molar-refractivity contribution in [3.8, 4) is 0 Å². The Morgan fingerprint density at radius 3 is 1.39 bits per heavy atom. The highest BCUT2D eigenvalue weighted by atomic mass is 32.1. The van der Waals surface area contributed by atoms with Crippen LogP contribution in [0.2, 0.25) is 0 Å². The first kappa shape index (κ1) is 75.1. The number of rotatable bonds is 37. The molecule has 17 N–H and O–H groups in total. The number of likely N-dealkylation sites (tertiary alicyclic amines) is 1. The Bertz CT molecular complexity index is 2370. The van der Waals surface area contributed by atoms with Crippen molar-refractivity contribution in [1.82, 2.24) is 63.4 Å². The van der Waals surface area contributed by atoms with E-state index in [-0.39, 0.29) is 60.5 Å². The molecule has 1 aliphatic heterocycles. The number of primary amides is 1. The van der Waals surface area contributed by atoms with Gasteiger partial charge < -0.3 is 85.1 Å². The van der Waals surface area contributed by atoms with Gasteiger partial charge in [0, 0.05) is 47.5 Å². The maximum atomic E-state index is 14.1. The molecule has 12 atom stereocenters. The van der Waals surface area contributed by atoms with Gasteiger partial charge in [0.15, 0.2) is 0 Å². The van der Waals surface area contributed by atoms with Crippen molar-refractivity contribution in [2.24, 2.45) is 17.4 Å². The third-order valence-corrected chi connectivity index (χ3v) is 14.2. The zero-order valence-corrected chi connectivity index (χ0v) is 51.1. The van der Waals surface area contributed by atoms with Crippen LogP contribution < -0.4 is 70.0 Å². The number of hydrogen-bond acceptors (Lipinski definition) is 22. The lowest BCUT2D eigenvalue weighted by atomic mass is 10.0. The van der Waals surface area contributed by atoms with Crippen LogP contribution in [0.5, 0.6) is 0 Å². The normalized spacial score (nSPS) is 16.8. The number of nitrogens with zero attached hydrogens (tertiary/aromatic N) is 1. The van der Waals surface area contributed by atoms with E-state index in [2.05, 4.69) is 134 Å². The number of thiol groups is 6. The van der Waals surface area contributed by atoms with Crippen molar-refractivity contribution in [1.29, 1.82) is 0 Å². The summed E-state index contributed by atoms with van der Waals surface area (Å²) in [4.78, 5) is 195. The maximum absolute atomic E-state index is 14.1. The number of nitrogens with two attached hydrogens (primary N) is 2. The predicted molar refractivity (Wildman–Crippen MR) is 317 cm³/mol. The molecule has 468 valence electrons. The van der Waals surface area contributed by atoms with Crippen LogP contribution in [0.3, 0.4) is 0 Å². The van der Waals surface area contributed by atoms with Crippen LogP contribution in [0.4, 0.5) is 0 Å². The Labute approximate surface area is 511 Å². The van der Waals surface area contributed by atoms with E-state index in [1.54, 1.807) is 13.8 Å². The highest BCUT2D eigenvalue weighted by Crippen LogP contribution is 2.20. The molecule has 1 saturated heterocycles. The second-order valence-electron chi connectivity index (χ2n) is 19.2. The minimum atomic E-state index is -1.71. The second-order valence-corrected chi connectivity index (χ2v) is 21.4. The summed E-state index contributed by atoms with van der Waals surface area (Å²) in [7, 11) is 0. The first-order valence-electron chi connectivity index (χ1n) is 25.6. The largest absolute Gasteiger partial charge is 0.481 e. The first-order valence-corrected chi connectivity index (χ1v) is 29.4. The van der Waals surface area contributed by atoms with Gasteiger partial charge in [-0.3, -0.25) is 67.1 Å². The van der Waals surface area contributed by atoms with Crippen LogP contribution in [0.1, 0.15) is 66.2 Å². The number of carboxylic acid groups (broad SMARTS) is 2. The SMILES string of the molecule is CC(C)C[C@H](NC(=O)[C@H](CCC(=O)O)NC(=O)[C@@H](CS)NC(=O)[C@@H](N)CS)C(=O)N[C@@H](CS)C(=O)N[C@@H](CS)C(=O)N[C@@H](CC(N)=O)C(=O)N1CCC[C@H]1C(=O)N[C@@H](C)C(=O)N[C@@H](CS)C(=O)N[C@@H](C)C(=O)NCC(=O)N[C@@H](CS)C(=O)O. The number of aliphatic carboxylic acids is 2. The van der Waals surface area contributed by atoms with Crippen molar-refractivity contribution < 1.29 is 82.1 Å². The Hall–Kier alpha value is -5.89. The Morgan fingerprint density at radius 1 is 0.506 bits per heavy atom.